The summed E-state index contributed by atoms with van der Waals surface area (Å²) in [5.41, 5.74) is 3.45. The Morgan fingerprint density at radius 3 is 2.52 bits per heavy atom. The number of hydrogen-bond donors (Lipinski definition) is 1. The van der Waals surface area contributed by atoms with Crippen molar-refractivity contribution in [2.24, 2.45) is 51.5 Å². The van der Waals surface area contributed by atoms with Gasteiger partial charge in [0.1, 0.15) is 0 Å². The van der Waals surface area contributed by atoms with Gasteiger partial charge in [0.15, 0.2) is 0 Å². The van der Waals surface area contributed by atoms with Gasteiger partial charge in [0, 0.05) is 0 Å². The first kappa shape index (κ1) is 21.4. The van der Waals surface area contributed by atoms with E-state index in [0.29, 0.717) is 10.8 Å². The van der Waals surface area contributed by atoms with Gasteiger partial charge < -0.3 is 5.21 Å². The van der Waals surface area contributed by atoms with Gasteiger partial charge in [-0.1, -0.05) is 64.6 Å². The Kier molecular flexibility index (Phi) is 5.95. The number of fused-ring (bicyclic) bond motifs is 5. The van der Waals surface area contributed by atoms with Gasteiger partial charge in [-0.3, -0.25) is 0 Å². The van der Waals surface area contributed by atoms with E-state index in [-0.39, 0.29) is 0 Å². The maximum Gasteiger partial charge on any atom is 0.0795 e. The minimum atomic E-state index is 0.361. The summed E-state index contributed by atoms with van der Waals surface area (Å²) in [6, 6.07) is 0. The van der Waals surface area contributed by atoms with Crippen molar-refractivity contribution in [3.63, 3.8) is 0 Å². The van der Waals surface area contributed by atoms with Crippen LogP contribution in [0.2, 0.25) is 0 Å². The highest BCUT2D eigenvalue weighted by Gasteiger charge is 2.59. The van der Waals surface area contributed by atoms with Crippen LogP contribution in [-0.2, 0) is 0 Å². The van der Waals surface area contributed by atoms with Crippen molar-refractivity contribution in [2.45, 2.75) is 105 Å². The van der Waals surface area contributed by atoms with Crippen LogP contribution in [0.4, 0.5) is 0 Å². The fourth-order valence-corrected chi connectivity index (χ4v) is 8.67. The van der Waals surface area contributed by atoms with Crippen LogP contribution in [0, 0.1) is 46.3 Å². The average Bonchev–Trinajstić information content (AvgIpc) is 3.04. The van der Waals surface area contributed by atoms with Gasteiger partial charge >= 0.3 is 0 Å². The van der Waals surface area contributed by atoms with Crippen LogP contribution >= 0.6 is 0 Å². The van der Waals surface area contributed by atoms with E-state index in [1.54, 1.807) is 5.57 Å². The Morgan fingerprint density at radius 1 is 1.00 bits per heavy atom. The zero-order chi connectivity index (χ0) is 20.8. The third-order valence-electron chi connectivity index (χ3n) is 10.3. The molecule has 1 N–H and O–H groups in total. The maximum atomic E-state index is 9.27. The molecule has 0 spiro atoms. The molecule has 7 atom stereocenters. The molecule has 3 saturated carbocycles. The van der Waals surface area contributed by atoms with Gasteiger partial charge in [-0.25, -0.2) is 0 Å². The lowest BCUT2D eigenvalue weighted by atomic mass is 9.46. The van der Waals surface area contributed by atoms with Crippen LogP contribution < -0.4 is 0 Å². The lowest BCUT2D eigenvalue weighted by Crippen LogP contribution is -2.51. The minimum absolute atomic E-state index is 0.361. The van der Waals surface area contributed by atoms with Crippen LogP contribution in [0.15, 0.2) is 16.8 Å². The van der Waals surface area contributed by atoms with Crippen molar-refractivity contribution in [3.05, 3.63) is 11.6 Å². The summed E-state index contributed by atoms with van der Waals surface area (Å²) >= 11 is 0. The molecule has 0 saturated heterocycles. The zero-order valence-corrected chi connectivity index (χ0v) is 19.7. The second-order valence-electron chi connectivity index (χ2n) is 12.1. The predicted octanol–water partition coefficient (Wildman–Crippen LogP) is 7.86. The summed E-state index contributed by atoms with van der Waals surface area (Å²) < 4.78 is 0. The molecule has 2 nitrogen and oxygen atoms in total. The highest BCUT2D eigenvalue weighted by molar-refractivity contribution is 5.96. The largest absolute Gasteiger partial charge is 0.411 e. The fraction of sp³-hybridized carbons (Fsp3) is 0.889. The molecule has 0 unspecified atom stereocenters. The Balaban J connectivity index is 1.49. The molecule has 3 fully saturated rings. The molecule has 0 aromatic rings. The Labute approximate surface area is 179 Å². The smallest absolute Gasteiger partial charge is 0.0795 e. The summed E-state index contributed by atoms with van der Waals surface area (Å²) in [6.45, 7) is 12.5. The molecule has 0 aliphatic heterocycles. The van der Waals surface area contributed by atoms with Gasteiger partial charge in [0.05, 0.1) is 5.71 Å². The van der Waals surface area contributed by atoms with E-state index >= 15 is 0 Å². The van der Waals surface area contributed by atoms with Crippen LogP contribution in [0.3, 0.4) is 0 Å². The van der Waals surface area contributed by atoms with Gasteiger partial charge in [-0.2, -0.15) is 0 Å². The van der Waals surface area contributed by atoms with Gasteiger partial charge in [-0.15, -0.1) is 0 Å². The van der Waals surface area contributed by atoms with Gasteiger partial charge in [0.2, 0.25) is 0 Å². The Bertz CT molecular complexity index is 663. The van der Waals surface area contributed by atoms with Crippen molar-refractivity contribution >= 4 is 5.71 Å². The van der Waals surface area contributed by atoms with Crippen molar-refractivity contribution in [3.8, 4) is 0 Å². The minimum Gasteiger partial charge on any atom is -0.411 e. The molecular formula is C27H45NO. The number of oxime groups is 1. The van der Waals surface area contributed by atoms with Crippen molar-refractivity contribution in [1.29, 1.82) is 0 Å². The molecule has 164 valence electrons. The number of hydrogen-bond acceptors (Lipinski definition) is 2. The highest BCUT2D eigenvalue weighted by Crippen LogP contribution is 2.67. The summed E-state index contributed by atoms with van der Waals surface area (Å²) in [5, 5.41) is 12.8. The van der Waals surface area contributed by atoms with Gasteiger partial charge in [-0.05, 0) is 104 Å². The number of rotatable bonds is 5. The van der Waals surface area contributed by atoms with Gasteiger partial charge in [0.25, 0.3) is 0 Å². The molecule has 0 heterocycles. The van der Waals surface area contributed by atoms with E-state index in [9.17, 15) is 5.21 Å². The van der Waals surface area contributed by atoms with E-state index in [1.807, 2.05) is 0 Å². The average molecular weight is 400 g/mol. The van der Waals surface area contributed by atoms with E-state index in [1.165, 1.54) is 64.2 Å². The molecule has 0 radical (unpaired) electrons. The van der Waals surface area contributed by atoms with E-state index in [0.717, 1.165) is 47.6 Å². The zero-order valence-electron chi connectivity index (χ0n) is 19.7. The lowest BCUT2D eigenvalue weighted by molar-refractivity contribution is -0.0574. The first-order valence-corrected chi connectivity index (χ1v) is 12.7. The number of nitrogens with zero attached hydrogens (tertiary/aromatic N) is 1. The highest BCUT2D eigenvalue weighted by atomic mass is 16.4. The predicted molar refractivity (Wildman–Crippen MR) is 122 cm³/mol. The molecule has 4 aliphatic carbocycles. The fourth-order valence-electron chi connectivity index (χ4n) is 8.67. The molecule has 0 aromatic heterocycles. The number of allylic oxidation sites excluding steroid dienone is 2. The molecular weight excluding hydrogens is 354 g/mol. The van der Waals surface area contributed by atoms with E-state index in [4.69, 9.17) is 0 Å². The van der Waals surface area contributed by atoms with Crippen molar-refractivity contribution in [2.75, 3.05) is 0 Å². The summed E-state index contributed by atoms with van der Waals surface area (Å²) in [5.74, 6) is 5.43. The lowest BCUT2D eigenvalue weighted by Gasteiger charge is -2.58. The Hall–Kier alpha value is -0.790. The van der Waals surface area contributed by atoms with Crippen molar-refractivity contribution < 1.29 is 5.21 Å². The second-order valence-corrected chi connectivity index (χ2v) is 12.1. The molecule has 0 bridgehead atoms. The maximum absolute atomic E-state index is 9.27. The normalized spacial score (nSPS) is 44.2. The molecule has 4 rings (SSSR count). The first-order valence-electron chi connectivity index (χ1n) is 12.7. The standard InChI is InChI=1S/C27H45NO/c1-18(2)7-6-8-19(3)23-11-12-24-22-10-9-20-17-21(28-29)13-15-26(20,4)25(22)14-16-27(23,24)5/h17-19,22-25,29H,6-16H2,1-5H3/t19-,22+,23-,24+,25+,26+,27-/m1/s1. The van der Waals surface area contributed by atoms with Crippen molar-refractivity contribution in [1.82, 2.24) is 0 Å². The van der Waals surface area contributed by atoms with Crippen LogP contribution in [0.1, 0.15) is 105 Å². The third-order valence-corrected chi connectivity index (χ3v) is 10.3. The van der Waals surface area contributed by atoms with Crippen LogP contribution in [-0.4, -0.2) is 10.9 Å². The van der Waals surface area contributed by atoms with Crippen LogP contribution in [0.25, 0.3) is 0 Å². The SMILES string of the molecule is CC(C)CCC[C@@H](C)[C@H]1CC[C@H]2[C@@H]3CCC4=CC(=NO)CC[C@]4(C)[C@H]3CC[C@]12C. The van der Waals surface area contributed by atoms with Crippen LogP contribution in [0.5, 0.6) is 0 Å². The third kappa shape index (κ3) is 3.61. The molecule has 29 heavy (non-hydrogen) atoms. The quantitative estimate of drug-likeness (QED) is 0.370. The first-order chi connectivity index (χ1) is 13.8. The summed E-state index contributed by atoms with van der Waals surface area (Å²) in [7, 11) is 0. The second kappa shape index (κ2) is 8.04. The summed E-state index contributed by atoms with van der Waals surface area (Å²) in [6.07, 6.45) is 17.1. The molecule has 0 amide bonds. The summed E-state index contributed by atoms with van der Waals surface area (Å²) in [4.78, 5) is 0. The molecule has 0 aromatic carbocycles. The Morgan fingerprint density at radius 2 is 1.79 bits per heavy atom. The topological polar surface area (TPSA) is 32.6 Å². The van der Waals surface area contributed by atoms with E-state index < -0.39 is 0 Å². The molecule has 4 aliphatic rings. The monoisotopic (exact) mass is 399 g/mol. The van der Waals surface area contributed by atoms with E-state index in [2.05, 4.69) is 45.9 Å². The molecule has 2 heteroatoms.